The second kappa shape index (κ2) is 7.93. The first-order valence-corrected chi connectivity index (χ1v) is 10.2. The van der Waals surface area contributed by atoms with Gasteiger partial charge in [0.1, 0.15) is 11.3 Å². The molecule has 8 heteroatoms. The zero-order chi connectivity index (χ0) is 20.5. The van der Waals surface area contributed by atoms with E-state index in [4.69, 9.17) is 20.8 Å². The van der Waals surface area contributed by atoms with Crippen molar-refractivity contribution in [3.05, 3.63) is 68.5 Å². The van der Waals surface area contributed by atoms with Crippen LogP contribution in [0.1, 0.15) is 16.7 Å². The number of aryl methyl sites for hydroxylation is 2. The van der Waals surface area contributed by atoms with Crippen LogP contribution < -0.4 is 10.4 Å². The van der Waals surface area contributed by atoms with E-state index in [9.17, 15) is 4.79 Å². The van der Waals surface area contributed by atoms with Crippen molar-refractivity contribution in [2.24, 2.45) is 0 Å². The van der Waals surface area contributed by atoms with Crippen LogP contribution in [-0.4, -0.2) is 22.3 Å². The average Bonchev–Trinajstić information content (AvgIpc) is 3.16. The van der Waals surface area contributed by atoms with Gasteiger partial charge < -0.3 is 9.15 Å². The number of methoxy groups -OCH3 is 1. The maximum absolute atomic E-state index is 12.0. The number of fused-ring (bicyclic) bond motifs is 1. The van der Waals surface area contributed by atoms with E-state index in [-0.39, 0.29) is 5.63 Å². The van der Waals surface area contributed by atoms with Crippen LogP contribution in [0.25, 0.3) is 22.4 Å². The molecule has 0 amide bonds. The molecule has 148 valence electrons. The highest BCUT2D eigenvalue weighted by Gasteiger charge is 2.14. The molecule has 2 aromatic carbocycles. The van der Waals surface area contributed by atoms with Crippen LogP contribution in [0.4, 0.5) is 0 Å². The molecule has 0 aliphatic carbocycles. The van der Waals surface area contributed by atoms with Crippen LogP contribution >= 0.6 is 23.4 Å². The van der Waals surface area contributed by atoms with E-state index in [1.54, 1.807) is 25.3 Å². The number of rotatable bonds is 5. The minimum absolute atomic E-state index is 0.365. The van der Waals surface area contributed by atoms with Crippen molar-refractivity contribution in [2.75, 3.05) is 7.11 Å². The maximum Gasteiger partial charge on any atom is 0.336 e. The van der Waals surface area contributed by atoms with E-state index >= 15 is 0 Å². The van der Waals surface area contributed by atoms with Gasteiger partial charge in [-0.05, 0) is 60.9 Å². The summed E-state index contributed by atoms with van der Waals surface area (Å²) in [5.74, 6) is 1.75. The van der Waals surface area contributed by atoms with Crippen molar-refractivity contribution in [3.8, 4) is 17.1 Å². The summed E-state index contributed by atoms with van der Waals surface area (Å²) in [6.45, 7) is 4.03. The van der Waals surface area contributed by atoms with Crippen LogP contribution in [-0.2, 0) is 5.75 Å². The van der Waals surface area contributed by atoms with Gasteiger partial charge in [0.25, 0.3) is 0 Å². The van der Waals surface area contributed by atoms with Gasteiger partial charge in [-0.1, -0.05) is 23.4 Å². The monoisotopic (exact) mass is 427 g/mol. The topological polar surface area (TPSA) is 81.0 Å². The normalized spacial score (nSPS) is 11.2. The number of hydrogen-bond donors (Lipinski definition) is 1. The summed E-state index contributed by atoms with van der Waals surface area (Å²) in [5.41, 5.74) is 4.07. The fourth-order valence-corrected chi connectivity index (χ4v) is 4.00. The Balaban J connectivity index is 1.62. The molecule has 2 heterocycles. The minimum atomic E-state index is -0.365. The molecule has 0 unspecified atom stereocenters. The first-order chi connectivity index (χ1) is 13.9. The zero-order valence-corrected chi connectivity index (χ0v) is 17.6. The first-order valence-electron chi connectivity index (χ1n) is 8.87. The predicted molar refractivity (Wildman–Crippen MR) is 115 cm³/mol. The van der Waals surface area contributed by atoms with Gasteiger partial charge >= 0.3 is 5.63 Å². The van der Waals surface area contributed by atoms with Crippen LogP contribution in [0.5, 0.6) is 5.75 Å². The van der Waals surface area contributed by atoms with Crippen LogP contribution in [0, 0.1) is 13.8 Å². The van der Waals surface area contributed by atoms with Gasteiger partial charge in [0.2, 0.25) is 5.16 Å². The van der Waals surface area contributed by atoms with Gasteiger partial charge in [0.05, 0.1) is 12.7 Å². The van der Waals surface area contributed by atoms with Crippen LogP contribution in [0.3, 0.4) is 0 Å². The lowest BCUT2D eigenvalue weighted by Gasteiger charge is -2.07. The van der Waals surface area contributed by atoms with Crippen molar-refractivity contribution >= 4 is 34.3 Å². The second-order valence-corrected chi connectivity index (χ2v) is 8.00. The standard InChI is InChI=1S/C21H18ClN3O3S/c1-11-6-15-13(8-19(26)28-18(15)7-12(11)2)10-29-21-23-20(24-25-21)16-9-14(22)4-5-17(16)27-3/h4-9H,10H2,1-3H3,(H,23,24,25). The Kier molecular flexibility index (Phi) is 5.34. The van der Waals surface area contributed by atoms with Crippen molar-refractivity contribution < 1.29 is 9.15 Å². The third-order valence-corrected chi connectivity index (χ3v) is 5.81. The number of H-pyrrole nitrogens is 1. The summed E-state index contributed by atoms with van der Waals surface area (Å²) < 4.78 is 10.7. The third kappa shape index (κ3) is 4.02. The number of benzene rings is 2. The van der Waals surface area contributed by atoms with Gasteiger partial charge in [0, 0.05) is 22.2 Å². The molecule has 1 N–H and O–H groups in total. The summed E-state index contributed by atoms with van der Waals surface area (Å²) in [7, 11) is 1.59. The Hall–Kier alpha value is -2.77. The summed E-state index contributed by atoms with van der Waals surface area (Å²) in [6.07, 6.45) is 0. The highest BCUT2D eigenvalue weighted by molar-refractivity contribution is 7.98. The molecule has 0 aliphatic heterocycles. The molecule has 0 aliphatic rings. The SMILES string of the molecule is COc1ccc(Cl)cc1-c1nc(SCc2cc(=O)oc3cc(C)c(C)cc23)n[nH]1. The number of aromatic amines is 1. The molecular formula is C21H18ClN3O3S. The van der Waals surface area contributed by atoms with Gasteiger partial charge in [0.15, 0.2) is 5.82 Å². The highest BCUT2D eigenvalue weighted by atomic mass is 35.5. The molecule has 0 saturated heterocycles. The quantitative estimate of drug-likeness (QED) is 0.350. The molecule has 0 saturated carbocycles. The summed E-state index contributed by atoms with van der Waals surface area (Å²) >= 11 is 7.54. The van der Waals surface area contributed by atoms with Gasteiger partial charge in [-0.25, -0.2) is 9.78 Å². The van der Waals surface area contributed by atoms with Gasteiger partial charge in [-0.3, -0.25) is 5.10 Å². The molecule has 6 nitrogen and oxygen atoms in total. The van der Waals surface area contributed by atoms with Crippen LogP contribution in [0.15, 0.2) is 50.8 Å². The molecule has 0 radical (unpaired) electrons. The van der Waals surface area contributed by atoms with Crippen LogP contribution in [0.2, 0.25) is 5.02 Å². The zero-order valence-electron chi connectivity index (χ0n) is 16.1. The maximum atomic E-state index is 12.0. The number of aromatic nitrogens is 3. The summed E-state index contributed by atoms with van der Waals surface area (Å²) in [4.78, 5) is 16.5. The highest BCUT2D eigenvalue weighted by Crippen LogP contribution is 2.32. The van der Waals surface area contributed by atoms with E-state index in [0.29, 0.717) is 33.1 Å². The van der Waals surface area contributed by atoms with Crippen molar-refractivity contribution in [1.82, 2.24) is 15.2 Å². The molecule has 0 atom stereocenters. The first kappa shape index (κ1) is 19.5. The van der Waals surface area contributed by atoms with Crippen molar-refractivity contribution in [3.63, 3.8) is 0 Å². The van der Waals surface area contributed by atoms with E-state index in [2.05, 4.69) is 15.2 Å². The molecule has 0 spiro atoms. The van der Waals surface area contributed by atoms with Gasteiger partial charge in [-0.15, -0.1) is 5.10 Å². The van der Waals surface area contributed by atoms with E-state index in [0.717, 1.165) is 27.6 Å². The van der Waals surface area contributed by atoms with E-state index in [1.807, 2.05) is 26.0 Å². The molecular weight excluding hydrogens is 410 g/mol. The Morgan fingerprint density at radius 3 is 2.76 bits per heavy atom. The van der Waals surface area contributed by atoms with E-state index in [1.165, 1.54) is 17.8 Å². The Morgan fingerprint density at radius 2 is 1.97 bits per heavy atom. The second-order valence-electron chi connectivity index (χ2n) is 6.62. The summed E-state index contributed by atoms with van der Waals surface area (Å²) in [6, 6.07) is 10.8. The lowest BCUT2D eigenvalue weighted by Crippen LogP contribution is -2.00. The fraction of sp³-hybridized carbons (Fsp3) is 0.190. The number of hydrogen-bond acceptors (Lipinski definition) is 6. The predicted octanol–water partition coefficient (Wildman–Crippen LogP) is 5.15. The fourth-order valence-electron chi connectivity index (χ4n) is 3.04. The largest absolute Gasteiger partial charge is 0.496 e. The Morgan fingerprint density at radius 1 is 1.17 bits per heavy atom. The smallest absolute Gasteiger partial charge is 0.336 e. The summed E-state index contributed by atoms with van der Waals surface area (Å²) in [5, 5.41) is 9.27. The molecule has 4 rings (SSSR count). The van der Waals surface area contributed by atoms with Gasteiger partial charge in [-0.2, -0.15) is 0 Å². The van der Waals surface area contributed by atoms with Crippen molar-refractivity contribution in [1.29, 1.82) is 0 Å². The lowest BCUT2D eigenvalue weighted by molar-refractivity contribution is 0.416. The molecule has 4 aromatic rings. The average molecular weight is 428 g/mol. The van der Waals surface area contributed by atoms with Crippen molar-refractivity contribution in [2.45, 2.75) is 24.8 Å². The lowest BCUT2D eigenvalue weighted by atomic mass is 10.0. The number of thioether (sulfide) groups is 1. The third-order valence-electron chi connectivity index (χ3n) is 4.68. The number of nitrogens with zero attached hydrogens (tertiary/aromatic N) is 2. The van der Waals surface area contributed by atoms with E-state index < -0.39 is 0 Å². The minimum Gasteiger partial charge on any atom is -0.496 e. The molecule has 2 aromatic heterocycles. The molecule has 29 heavy (non-hydrogen) atoms. The number of nitrogens with one attached hydrogen (secondary N) is 1. The molecule has 0 bridgehead atoms. The number of ether oxygens (including phenoxy) is 1. The Bertz CT molecular complexity index is 1270. The Labute approximate surface area is 176 Å². The molecule has 0 fully saturated rings. The number of halogens is 1.